The zero-order valence-corrected chi connectivity index (χ0v) is 12.2. The Bertz CT molecular complexity index is 924. The van der Waals surface area contributed by atoms with Crippen molar-refractivity contribution in [3.8, 4) is 33.8 Å². The molecule has 0 N–H and O–H groups in total. The van der Waals surface area contributed by atoms with E-state index in [1.165, 1.54) is 0 Å². The number of benzene rings is 2. The Kier molecular flexibility index (Phi) is 2.45. The van der Waals surface area contributed by atoms with Gasteiger partial charge in [-0.3, -0.25) is 4.79 Å². The maximum absolute atomic E-state index is 13.2. The molecular formula is C19H12O4. The summed E-state index contributed by atoms with van der Waals surface area (Å²) in [6.45, 7) is 0.521. The Balaban J connectivity index is 1.86. The number of fused-ring (bicyclic) bond motifs is 6. The summed E-state index contributed by atoms with van der Waals surface area (Å²) >= 11 is 0. The van der Waals surface area contributed by atoms with E-state index in [1.807, 2.05) is 48.5 Å². The molecule has 2 aromatic carbocycles. The van der Waals surface area contributed by atoms with Crippen LogP contribution in [-0.4, -0.2) is 0 Å². The van der Waals surface area contributed by atoms with Gasteiger partial charge in [0, 0.05) is 11.1 Å². The Morgan fingerprint density at radius 3 is 1.70 bits per heavy atom. The summed E-state index contributed by atoms with van der Waals surface area (Å²) in [7, 11) is 0. The Hall–Kier alpha value is -3.01. The Labute approximate surface area is 131 Å². The van der Waals surface area contributed by atoms with Crippen molar-refractivity contribution >= 4 is 0 Å². The zero-order valence-electron chi connectivity index (χ0n) is 12.2. The van der Waals surface area contributed by atoms with Crippen LogP contribution in [0, 0.1) is 0 Å². The molecule has 0 unspecified atom stereocenters. The molecule has 0 radical (unpaired) electrons. The molecule has 0 atom stereocenters. The first-order valence-corrected chi connectivity index (χ1v) is 7.46. The summed E-state index contributed by atoms with van der Waals surface area (Å²) in [5, 5.41) is 0. The van der Waals surface area contributed by atoms with E-state index in [-0.39, 0.29) is 18.6 Å². The highest BCUT2D eigenvalue weighted by Crippen LogP contribution is 2.41. The lowest BCUT2D eigenvalue weighted by Gasteiger charge is -2.24. The molecule has 2 aliphatic rings. The average Bonchev–Trinajstić information content (AvgIpc) is 2.61. The van der Waals surface area contributed by atoms with Gasteiger partial charge in [-0.2, -0.15) is 0 Å². The summed E-state index contributed by atoms with van der Waals surface area (Å²) in [6, 6.07) is 15.1. The normalized spacial score (nSPS) is 13.7. The molecule has 0 fully saturated rings. The largest absolute Gasteiger partial charge is 0.485 e. The first kappa shape index (κ1) is 12.5. The van der Waals surface area contributed by atoms with Gasteiger partial charge < -0.3 is 13.9 Å². The van der Waals surface area contributed by atoms with Crippen LogP contribution < -0.4 is 14.9 Å². The van der Waals surface area contributed by atoms with E-state index in [9.17, 15) is 4.79 Å². The van der Waals surface area contributed by atoms with Crippen molar-refractivity contribution in [2.24, 2.45) is 0 Å². The third-order valence-corrected chi connectivity index (χ3v) is 4.29. The van der Waals surface area contributed by atoms with Gasteiger partial charge in [0.25, 0.3) is 0 Å². The molecule has 5 rings (SSSR count). The number of ether oxygens (including phenoxy) is 2. The molecule has 0 bridgehead atoms. The van der Waals surface area contributed by atoms with E-state index in [2.05, 4.69) is 0 Å². The predicted octanol–water partition coefficient (Wildman–Crippen LogP) is 3.76. The lowest BCUT2D eigenvalue weighted by atomic mass is 9.94. The van der Waals surface area contributed by atoms with Gasteiger partial charge in [0.15, 0.2) is 11.5 Å². The fraction of sp³-hybridized carbons (Fsp3) is 0.105. The van der Waals surface area contributed by atoms with Crippen molar-refractivity contribution in [3.05, 3.63) is 70.3 Å². The second kappa shape index (κ2) is 4.49. The molecule has 0 amide bonds. The number of rotatable bonds is 0. The third-order valence-electron chi connectivity index (χ3n) is 4.29. The minimum Gasteiger partial charge on any atom is -0.485 e. The van der Waals surface area contributed by atoms with E-state index in [0.717, 1.165) is 11.1 Å². The van der Waals surface area contributed by atoms with Gasteiger partial charge in [-0.25, -0.2) is 0 Å². The Morgan fingerprint density at radius 1 is 0.696 bits per heavy atom. The van der Waals surface area contributed by atoms with Gasteiger partial charge in [0.2, 0.25) is 5.43 Å². The summed E-state index contributed by atoms with van der Waals surface area (Å²) < 4.78 is 17.4. The van der Waals surface area contributed by atoms with E-state index in [0.29, 0.717) is 34.1 Å². The van der Waals surface area contributed by atoms with Crippen molar-refractivity contribution < 1.29 is 13.9 Å². The van der Waals surface area contributed by atoms with Gasteiger partial charge in [0.05, 0.1) is 11.1 Å². The monoisotopic (exact) mass is 304 g/mol. The molecular weight excluding hydrogens is 292 g/mol. The van der Waals surface area contributed by atoms with Gasteiger partial charge >= 0.3 is 0 Å². The topological polar surface area (TPSA) is 48.7 Å². The van der Waals surface area contributed by atoms with E-state index in [1.54, 1.807) is 0 Å². The van der Waals surface area contributed by atoms with Crippen LogP contribution in [0.3, 0.4) is 0 Å². The number of hydrogen-bond donors (Lipinski definition) is 0. The maximum Gasteiger partial charge on any atom is 0.201 e. The van der Waals surface area contributed by atoms with Crippen LogP contribution in [0.25, 0.3) is 22.3 Å². The van der Waals surface area contributed by atoms with Gasteiger partial charge in [-0.05, 0) is 12.1 Å². The molecule has 2 aliphatic heterocycles. The molecule has 1 aromatic heterocycles. The van der Waals surface area contributed by atoms with Crippen molar-refractivity contribution in [1.82, 2.24) is 0 Å². The third kappa shape index (κ3) is 1.69. The molecule has 0 spiro atoms. The van der Waals surface area contributed by atoms with Gasteiger partial charge in [-0.15, -0.1) is 0 Å². The summed E-state index contributed by atoms with van der Waals surface area (Å²) in [5.74, 6) is 2.56. The highest BCUT2D eigenvalue weighted by Gasteiger charge is 2.30. The van der Waals surface area contributed by atoms with Gasteiger partial charge in [-0.1, -0.05) is 36.4 Å². The van der Waals surface area contributed by atoms with E-state index < -0.39 is 0 Å². The molecule has 0 aliphatic carbocycles. The highest BCUT2D eigenvalue weighted by molar-refractivity contribution is 5.81. The first-order chi connectivity index (χ1) is 11.3. The van der Waals surface area contributed by atoms with Crippen LogP contribution in [0.1, 0.15) is 11.5 Å². The number of para-hydroxylation sites is 2. The van der Waals surface area contributed by atoms with Crippen LogP contribution >= 0.6 is 0 Å². The molecule has 3 aromatic rings. The van der Waals surface area contributed by atoms with E-state index >= 15 is 0 Å². The molecule has 4 nitrogen and oxygen atoms in total. The highest BCUT2D eigenvalue weighted by atomic mass is 16.5. The van der Waals surface area contributed by atoms with Gasteiger partial charge in [0.1, 0.15) is 24.7 Å². The molecule has 23 heavy (non-hydrogen) atoms. The SMILES string of the molecule is O=c1c2c(oc3c1-c1ccccc1OC3)COc1ccccc1-2. The van der Waals surface area contributed by atoms with Crippen LogP contribution in [0.2, 0.25) is 0 Å². The van der Waals surface area contributed by atoms with Crippen molar-refractivity contribution in [3.63, 3.8) is 0 Å². The van der Waals surface area contributed by atoms with Crippen molar-refractivity contribution in [2.45, 2.75) is 13.2 Å². The van der Waals surface area contributed by atoms with E-state index in [4.69, 9.17) is 13.9 Å². The molecule has 0 saturated carbocycles. The molecule has 0 saturated heterocycles. The fourth-order valence-electron chi connectivity index (χ4n) is 3.26. The Morgan fingerprint density at radius 2 is 1.17 bits per heavy atom. The molecule has 112 valence electrons. The van der Waals surface area contributed by atoms with Crippen LogP contribution in [0.15, 0.2) is 57.7 Å². The second-order valence-corrected chi connectivity index (χ2v) is 5.60. The fourth-order valence-corrected chi connectivity index (χ4v) is 3.26. The van der Waals surface area contributed by atoms with Crippen LogP contribution in [0.5, 0.6) is 11.5 Å². The minimum atomic E-state index is -0.0206. The standard InChI is InChI=1S/C19H12O4/c20-19-17-11-5-1-3-7-13(11)21-9-15(17)23-16-10-22-14-8-4-2-6-12(14)18(16)19/h1-8H,9-10H2. The zero-order chi connectivity index (χ0) is 15.4. The summed E-state index contributed by atoms with van der Waals surface area (Å²) in [6.07, 6.45) is 0. The van der Waals surface area contributed by atoms with Crippen LogP contribution in [0.4, 0.5) is 0 Å². The average molecular weight is 304 g/mol. The first-order valence-electron chi connectivity index (χ1n) is 7.46. The molecule has 3 heterocycles. The maximum atomic E-state index is 13.2. The molecule has 4 heteroatoms. The number of hydrogen-bond acceptors (Lipinski definition) is 4. The van der Waals surface area contributed by atoms with Crippen molar-refractivity contribution in [2.75, 3.05) is 0 Å². The quantitative estimate of drug-likeness (QED) is 0.634. The smallest absolute Gasteiger partial charge is 0.201 e. The predicted molar refractivity (Wildman–Crippen MR) is 84.5 cm³/mol. The van der Waals surface area contributed by atoms with Crippen molar-refractivity contribution in [1.29, 1.82) is 0 Å². The van der Waals surface area contributed by atoms with Crippen LogP contribution in [-0.2, 0) is 13.2 Å². The minimum absolute atomic E-state index is 0.0206. The lowest BCUT2D eigenvalue weighted by Crippen LogP contribution is -2.21. The lowest BCUT2D eigenvalue weighted by molar-refractivity contribution is 0.224. The summed E-state index contributed by atoms with van der Waals surface area (Å²) in [5.41, 5.74) is 2.75. The summed E-state index contributed by atoms with van der Waals surface area (Å²) in [4.78, 5) is 13.2. The second-order valence-electron chi connectivity index (χ2n) is 5.60.